The normalized spacial score (nSPS) is 7.83. The second kappa shape index (κ2) is 6.87. The maximum absolute atomic E-state index is 8.35. The summed E-state index contributed by atoms with van der Waals surface area (Å²) < 4.78 is 1.03. The minimum atomic E-state index is 0.486. The van der Waals surface area contributed by atoms with Crippen LogP contribution in [0.3, 0.4) is 0 Å². The fraction of sp³-hybridized carbons (Fsp3) is 0.300. The zero-order chi connectivity index (χ0) is 9.40. The van der Waals surface area contributed by atoms with Crippen LogP contribution in [0, 0.1) is 11.3 Å². The van der Waals surface area contributed by atoms with E-state index in [0.717, 1.165) is 10.0 Å². The summed E-state index contributed by atoms with van der Waals surface area (Å²) in [6, 6.07) is 9.85. The van der Waals surface area contributed by atoms with Crippen molar-refractivity contribution in [3.05, 3.63) is 34.3 Å². The molecule has 64 valence electrons. The highest BCUT2D eigenvalue weighted by Crippen LogP contribution is 2.11. The van der Waals surface area contributed by atoms with Crippen molar-refractivity contribution in [1.82, 2.24) is 0 Å². The first kappa shape index (κ1) is 11.2. The maximum atomic E-state index is 8.35. The summed E-state index contributed by atoms with van der Waals surface area (Å²) in [7, 11) is 0. The lowest BCUT2D eigenvalue weighted by atomic mass is 10.2. The summed E-state index contributed by atoms with van der Waals surface area (Å²) in [5.74, 6) is 0. The lowest BCUT2D eigenvalue weighted by Gasteiger charge is -1.92. The van der Waals surface area contributed by atoms with E-state index in [-0.39, 0.29) is 0 Å². The zero-order valence-corrected chi connectivity index (χ0v) is 8.93. The summed E-state index contributed by atoms with van der Waals surface area (Å²) in [5.41, 5.74) is 1.05. The molecule has 1 aromatic carbocycles. The number of nitriles is 1. The van der Waals surface area contributed by atoms with E-state index in [1.165, 1.54) is 0 Å². The van der Waals surface area contributed by atoms with Gasteiger partial charge in [-0.25, -0.2) is 0 Å². The van der Waals surface area contributed by atoms with Gasteiger partial charge in [0, 0.05) is 4.47 Å². The Labute approximate surface area is 82.2 Å². The minimum absolute atomic E-state index is 0.486. The number of hydrogen-bond donors (Lipinski definition) is 0. The van der Waals surface area contributed by atoms with Gasteiger partial charge in [-0.1, -0.05) is 41.9 Å². The van der Waals surface area contributed by atoms with Crippen molar-refractivity contribution in [2.75, 3.05) is 0 Å². The predicted molar refractivity (Wildman–Crippen MR) is 54.8 cm³/mol. The van der Waals surface area contributed by atoms with E-state index >= 15 is 0 Å². The summed E-state index contributed by atoms with van der Waals surface area (Å²) >= 11 is 3.32. The molecule has 0 unspecified atom stereocenters. The molecule has 0 saturated carbocycles. The Bertz CT molecular complexity index is 263. The van der Waals surface area contributed by atoms with Crippen LogP contribution < -0.4 is 0 Å². The SMILES string of the molecule is CC.N#CCc1cccc(Br)c1. The molecule has 12 heavy (non-hydrogen) atoms. The first-order valence-corrected chi connectivity index (χ1v) is 4.73. The van der Waals surface area contributed by atoms with Crippen molar-refractivity contribution in [2.45, 2.75) is 20.3 Å². The number of nitrogens with zero attached hydrogens (tertiary/aromatic N) is 1. The van der Waals surface area contributed by atoms with Gasteiger partial charge in [0.25, 0.3) is 0 Å². The van der Waals surface area contributed by atoms with Gasteiger partial charge in [-0.15, -0.1) is 0 Å². The molecule has 0 atom stereocenters. The molecular weight excluding hydrogens is 214 g/mol. The molecule has 0 radical (unpaired) electrons. The second-order valence-electron chi connectivity index (χ2n) is 1.96. The van der Waals surface area contributed by atoms with Crippen LogP contribution in [0.1, 0.15) is 19.4 Å². The maximum Gasteiger partial charge on any atom is 0.0669 e. The van der Waals surface area contributed by atoms with E-state index in [9.17, 15) is 0 Å². The molecule has 1 rings (SSSR count). The van der Waals surface area contributed by atoms with Crippen LogP contribution in [0.4, 0.5) is 0 Å². The molecule has 0 aromatic heterocycles. The van der Waals surface area contributed by atoms with E-state index in [1.807, 2.05) is 38.1 Å². The van der Waals surface area contributed by atoms with Gasteiger partial charge in [-0.05, 0) is 17.7 Å². The Morgan fingerprint density at radius 1 is 1.42 bits per heavy atom. The molecule has 0 saturated heterocycles. The monoisotopic (exact) mass is 225 g/mol. The third-order valence-electron chi connectivity index (χ3n) is 1.17. The van der Waals surface area contributed by atoms with Crippen molar-refractivity contribution < 1.29 is 0 Å². The van der Waals surface area contributed by atoms with Gasteiger partial charge in [0.2, 0.25) is 0 Å². The zero-order valence-electron chi connectivity index (χ0n) is 7.34. The Hall–Kier alpha value is -0.810. The third-order valence-corrected chi connectivity index (χ3v) is 1.67. The van der Waals surface area contributed by atoms with Crippen LogP contribution in [0.25, 0.3) is 0 Å². The molecular formula is C10H12BrN. The lowest BCUT2D eigenvalue weighted by Crippen LogP contribution is -1.78. The van der Waals surface area contributed by atoms with Crippen LogP contribution in [-0.4, -0.2) is 0 Å². The van der Waals surface area contributed by atoms with Crippen LogP contribution in [0.15, 0.2) is 28.7 Å². The van der Waals surface area contributed by atoms with Gasteiger partial charge < -0.3 is 0 Å². The van der Waals surface area contributed by atoms with Crippen LogP contribution >= 0.6 is 15.9 Å². The highest BCUT2D eigenvalue weighted by atomic mass is 79.9. The number of rotatable bonds is 1. The molecule has 0 amide bonds. The van der Waals surface area contributed by atoms with Crippen molar-refractivity contribution in [3.8, 4) is 6.07 Å². The van der Waals surface area contributed by atoms with Crippen LogP contribution in [0.5, 0.6) is 0 Å². The fourth-order valence-corrected chi connectivity index (χ4v) is 1.18. The molecule has 1 aromatic rings. The Kier molecular flexibility index (Phi) is 6.41. The van der Waals surface area contributed by atoms with E-state index < -0.39 is 0 Å². The lowest BCUT2D eigenvalue weighted by molar-refractivity contribution is 1.26. The number of benzene rings is 1. The average molecular weight is 226 g/mol. The van der Waals surface area contributed by atoms with Gasteiger partial charge in [0.1, 0.15) is 0 Å². The van der Waals surface area contributed by atoms with Gasteiger partial charge in [-0.2, -0.15) is 5.26 Å². The molecule has 0 bridgehead atoms. The molecule has 0 fully saturated rings. The predicted octanol–water partition coefficient (Wildman–Crippen LogP) is 3.54. The highest BCUT2D eigenvalue weighted by molar-refractivity contribution is 9.10. The quantitative estimate of drug-likeness (QED) is 0.718. The summed E-state index contributed by atoms with van der Waals surface area (Å²) in [6.45, 7) is 4.00. The molecule has 1 nitrogen and oxygen atoms in total. The number of hydrogen-bond acceptors (Lipinski definition) is 1. The molecule has 0 N–H and O–H groups in total. The highest BCUT2D eigenvalue weighted by Gasteiger charge is 1.90. The molecule has 0 aliphatic carbocycles. The molecule has 0 aliphatic rings. The van der Waals surface area contributed by atoms with Crippen molar-refractivity contribution in [2.24, 2.45) is 0 Å². The standard InChI is InChI=1S/C8H6BrN.C2H6/c9-8-3-1-2-7(6-8)4-5-10;1-2/h1-3,6H,4H2;1-2H3. The minimum Gasteiger partial charge on any atom is -0.198 e. The van der Waals surface area contributed by atoms with Crippen molar-refractivity contribution in [1.29, 1.82) is 5.26 Å². The average Bonchev–Trinajstić information content (AvgIpc) is 2.09. The van der Waals surface area contributed by atoms with E-state index in [2.05, 4.69) is 22.0 Å². The van der Waals surface area contributed by atoms with E-state index in [1.54, 1.807) is 0 Å². The molecule has 0 aliphatic heterocycles. The summed E-state index contributed by atoms with van der Waals surface area (Å²) in [5, 5.41) is 8.35. The third kappa shape index (κ3) is 4.15. The second-order valence-corrected chi connectivity index (χ2v) is 2.88. The number of halogens is 1. The van der Waals surface area contributed by atoms with Gasteiger partial charge in [0.05, 0.1) is 12.5 Å². The van der Waals surface area contributed by atoms with E-state index in [0.29, 0.717) is 6.42 Å². The van der Waals surface area contributed by atoms with Gasteiger partial charge >= 0.3 is 0 Å². The molecule has 0 spiro atoms. The Morgan fingerprint density at radius 3 is 2.58 bits per heavy atom. The molecule has 2 heteroatoms. The smallest absolute Gasteiger partial charge is 0.0669 e. The fourth-order valence-electron chi connectivity index (χ4n) is 0.738. The molecule has 0 heterocycles. The van der Waals surface area contributed by atoms with Crippen LogP contribution in [-0.2, 0) is 6.42 Å². The summed E-state index contributed by atoms with van der Waals surface area (Å²) in [6.07, 6.45) is 0.486. The Morgan fingerprint density at radius 2 is 2.08 bits per heavy atom. The van der Waals surface area contributed by atoms with Crippen LogP contribution in [0.2, 0.25) is 0 Å². The van der Waals surface area contributed by atoms with Gasteiger partial charge in [0.15, 0.2) is 0 Å². The van der Waals surface area contributed by atoms with E-state index in [4.69, 9.17) is 5.26 Å². The Balaban J connectivity index is 0.000000561. The first-order chi connectivity index (χ1) is 5.83. The van der Waals surface area contributed by atoms with Crippen molar-refractivity contribution in [3.63, 3.8) is 0 Å². The van der Waals surface area contributed by atoms with Crippen molar-refractivity contribution >= 4 is 15.9 Å². The topological polar surface area (TPSA) is 23.8 Å². The first-order valence-electron chi connectivity index (χ1n) is 3.94. The largest absolute Gasteiger partial charge is 0.198 e. The van der Waals surface area contributed by atoms with Gasteiger partial charge in [-0.3, -0.25) is 0 Å². The summed E-state index contributed by atoms with van der Waals surface area (Å²) in [4.78, 5) is 0.